The Bertz CT molecular complexity index is 487. The number of hydrogen-bond acceptors (Lipinski definition) is 4. The molecule has 0 spiro atoms. The minimum absolute atomic E-state index is 0.443. The Morgan fingerprint density at radius 3 is 2.60 bits per heavy atom. The summed E-state index contributed by atoms with van der Waals surface area (Å²) in [5, 5.41) is 9.22. The molecule has 2 rings (SSSR count). The number of halogens is 2. The van der Waals surface area contributed by atoms with E-state index in [-0.39, 0.29) is 0 Å². The second-order valence-electron chi connectivity index (χ2n) is 2.71. The maximum atomic E-state index is 5.88. The van der Waals surface area contributed by atoms with Gasteiger partial charge in [-0.15, -0.1) is 10.2 Å². The Kier molecular flexibility index (Phi) is 3.19. The van der Waals surface area contributed by atoms with Gasteiger partial charge in [-0.3, -0.25) is 0 Å². The summed E-state index contributed by atoms with van der Waals surface area (Å²) in [4.78, 5) is 0. The van der Waals surface area contributed by atoms with Gasteiger partial charge in [-0.2, -0.15) is 0 Å². The zero-order chi connectivity index (χ0) is 10.8. The van der Waals surface area contributed by atoms with Crippen LogP contribution in [0.25, 0.3) is 11.5 Å². The molecule has 0 fully saturated rings. The minimum Gasteiger partial charge on any atom is -0.411 e. The molecule has 0 unspecified atom stereocenters. The molecule has 0 amide bonds. The van der Waals surface area contributed by atoms with Crippen molar-refractivity contribution in [2.45, 2.75) is 5.22 Å². The van der Waals surface area contributed by atoms with Crippen molar-refractivity contribution in [1.29, 1.82) is 0 Å². The molecule has 0 atom stereocenters. The summed E-state index contributed by atoms with van der Waals surface area (Å²) in [6.07, 6.45) is 1.87. The van der Waals surface area contributed by atoms with Crippen LogP contribution in [-0.2, 0) is 0 Å². The predicted octanol–water partition coefficient (Wildman–Crippen LogP) is 3.77. The van der Waals surface area contributed by atoms with E-state index in [4.69, 9.17) is 27.6 Å². The molecule has 1 aromatic heterocycles. The highest BCUT2D eigenvalue weighted by molar-refractivity contribution is 7.98. The monoisotopic (exact) mass is 260 g/mol. The lowest BCUT2D eigenvalue weighted by molar-refractivity contribution is 0.466. The van der Waals surface area contributed by atoms with Gasteiger partial charge >= 0.3 is 0 Å². The van der Waals surface area contributed by atoms with Gasteiger partial charge in [0.05, 0.1) is 10.0 Å². The maximum Gasteiger partial charge on any atom is 0.276 e. The van der Waals surface area contributed by atoms with Crippen molar-refractivity contribution in [3.63, 3.8) is 0 Å². The van der Waals surface area contributed by atoms with E-state index in [1.165, 1.54) is 11.8 Å². The highest BCUT2D eigenvalue weighted by Crippen LogP contribution is 2.28. The molecule has 1 heterocycles. The third kappa shape index (κ3) is 2.27. The Hall–Kier alpha value is -0.710. The summed E-state index contributed by atoms with van der Waals surface area (Å²) >= 11 is 13.1. The fourth-order valence-corrected chi connectivity index (χ4v) is 1.62. The summed E-state index contributed by atoms with van der Waals surface area (Å²) in [5.41, 5.74) is 0.761. The normalized spacial score (nSPS) is 10.6. The smallest absolute Gasteiger partial charge is 0.276 e. The van der Waals surface area contributed by atoms with Gasteiger partial charge in [0.1, 0.15) is 0 Å². The van der Waals surface area contributed by atoms with Crippen molar-refractivity contribution in [2.24, 2.45) is 0 Å². The van der Waals surface area contributed by atoms with Crippen LogP contribution in [0, 0.1) is 0 Å². The van der Waals surface area contributed by atoms with Gasteiger partial charge in [-0.05, 0) is 24.5 Å². The fraction of sp³-hybridized carbons (Fsp3) is 0.111. The van der Waals surface area contributed by atoms with Crippen molar-refractivity contribution in [3.8, 4) is 11.5 Å². The van der Waals surface area contributed by atoms with E-state index in [2.05, 4.69) is 10.2 Å². The highest BCUT2D eigenvalue weighted by atomic mass is 35.5. The summed E-state index contributed by atoms with van der Waals surface area (Å²) in [6, 6.07) is 5.18. The van der Waals surface area contributed by atoms with Crippen LogP contribution in [0.1, 0.15) is 0 Å². The van der Waals surface area contributed by atoms with Gasteiger partial charge in [0.25, 0.3) is 5.22 Å². The van der Waals surface area contributed by atoms with Crippen molar-refractivity contribution < 1.29 is 4.42 Å². The second-order valence-corrected chi connectivity index (χ2v) is 4.28. The topological polar surface area (TPSA) is 38.9 Å². The van der Waals surface area contributed by atoms with Crippen LogP contribution in [0.2, 0.25) is 10.0 Å². The summed E-state index contributed by atoms with van der Waals surface area (Å²) in [6.45, 7) is 0. The van der Waals surface area contributed by atoms with Gasteiger partial charge < -0.3 is 4.42 Å². The highest BCUT2D eigenvalue weighted by Gasteiger charge is 2.09. The lowest BCUT2D eigenvalue weighted by atomic mass is 10.2. The summed E-state index contributed by atoms with van der Waals surface area (Å²) < 4.78 is 5.35. The quantitative estimate of drug-likeness (QED) is 0.771. The average Bonchev–Trinajstić information content (AvgIpc) is 2.70. The Labute approximate surface area is 101 Å². The number of rotatable bonds is 2. The van der Waals surface area contributed by atoms with Crippen molar-refractivity contribution in [2.75, 3.05) is 6.26 Å². The maximum absolute atomic E-state index is 5.88. The molecule has 78 valence electrons. The molecule has 0 N–H and O–H groups in total. The minimum atomic E-state index is 0.443. The van der Waals surface area contributed by atoms with Gasteiger partial charge in [-0.25, -0.2) is 0 Å². The molecule has 1 aromatic carbocycles. The molecule has 0 aliphatic rings. The third-order valence-electron chi connectivity index (χ3n) is 1.75. The zero-order valence-corrected chi connectivity index (χ0v) is 10.0. The molecular formula is C9H6Cl2N2OS. The Morgan fingerprint density at radius 1 is 1.20 bits per heavy atom. The van der Waals surface area contributed by atoms with E-state index in [0.717, 1.165) is 5.56 Å². The molecule has 0 bridgehead atoms. The first-order valence-electron chi connectivity index (χ1n) is 4.03. The van der Waals surface area contributed by atoms with E-state index >= 15 is 0 Å². The van der Waals surface area contributed by atoms with E-state index in [1.807, 2.05) is 6.26 Å². The number of nitrogens with zero attached hydrogens (tertiary/aromatic N) is 2. The van der Waals surface area contributed by atoms with Crippen LogP contribution in [0.3, 0.4) is 0 Å². The van der Waals surface area contributed by atoms with Crippen LogP contribution in [-0.4, -0.2) is 16.5 Å². The zero-order valence-electron chi connectivity index (χ0n) is 7.70. The van der Waals surface area contributed by atoms with Gasteiger partial charge in [0, 0.05) is 5.56 Å². The molecule has 0 aliphatic carbocycles. The summed E-state index contributed by atoms with van der Waals surface area (Å²) in [7, 11) is 0. The van der Waals surface area contributed by atoms with E-state index in [1.54, 1.807) is 18.2 Å². The second kappa shape index (κ2) is 4.43. The van der Waals surface area contributed by atoms with E-state index in [0.29, 0.717) is 21.2 Å². The first kappa shape index (κ1) is 10.8. The van der Waals surface area contributed by atoms with E-state index in [9.17, 15) is 0 Å². The first-order chi connectivity index (χ1) is 7.20. The lowest BCUT2D eigenvalue weighted by Crippen LogP contribution is -1.78. The third-order valence-corrected chi connectivity index (χ3v) is 3.00. The standard InChI is InChI=1S/C9H6Cl2N2OS/c1-15-9-13-12-8(14-9)5-2-3-6(10)7(11)4-5/h2-4H,1H3. The molecule has 0 saturated heterocycles. The van der Waals surface area contributed by atoms with Crippen molar-refractivity contribution >= 4 is 35.0 Å². The van der Waals surface area contributed by atoms with Gasteiger partial charge in [0.15, 0.2) is 0 Å². The molecule has 0 saturated carbocycles. The molecule has 0 aliphatic heterocycles. The number of aromatic nitrogens is 2. The molecule has 15 heavy (non-hydrogen) atoms. The first-order valence-corrected chi connectivity index (χ1v) is 6.01. The Balaban J connectivity index is 2.40. The fourth-order valence-electron chi connectivity index (χ4n) is 1.04. The Morgan fingerprint density at radius 2 is 2.00 bits per heavy atom. The van der Waals surface area contributed by atoms with Gasteiger partial charge in [0.2, 0.25) is 5.89 Å². The average molecular weight is 261 g/mol. The summed E-state index contributed by atoms with van der Waals surface area (Å²) in [5.74, 6) is 0.443. The van der Waals surface area contributed by atoms with Crippen molar-refractivity contribution in [3.05, 3.63) is 28.2 Å². The molecule has 6 heteroatoms. The van der Waals surface area contributed by atoms with Crippen LogP contribution in [0.4, 0.5) is 0 Å². The van der Waals surface area contributed by atoms with Crippen LogP contribution in [0.5, 0.6) is 0 Å². The van der Waals surface area contributed by atoms with E-state index < -0.39 is 0 Å². The number of hydrogen-bond donors (Lipinski definition) is 0. The van der Waals surface area contributed by atoms with Crippen molar-refractivity contribution in [1.82, 2.24) is 10.2 Å². The van der Waals surface area contributed by atoms with Crippen LogP contribution in [0.15, 0.2) is 27.8 Å². The SMILES string of the molecule is CSc1nnc(-c2ccc(Cl)c(Cl)c2)o1. The van der Waals surface area contributed by atoms with Crippen LogP contribution < -0.4 is 0 Å². The number of benzene rings is 1. The predicted molar refractivity (Wildman–Crippen MR) is 61.5 cm³/mol. The molecule has 3 nitrogen and oxygen atoms in total. The van der Waals surface area contributed by atoms with Crippen LogP contribution >= 0.6 is 35.0 Å². The molecule has 2 aromatic rings. The molecular weight excluding hydrogens is 255 g/mol. The lowest BCUT2D eigenvalue weighted by Gasteiger charge is -1.97. The number of thioether (sulfide) groups is 1. The largest absolute Gasteiger partial charge is 0.411 e. The molecule has 0 radical (unpaired) electrons. The van der Waals surface area contributed by atoms with Gasteiger partial charge in [-0.1, -0.05) is 35.0 Å².